The van der Waals surface area contributed by atoms with E-state index < -0.39 is 5.97 Å². The smallest absolute Gasteiger partial charge is 0.335 e. The molecular weight excluding hydrogens is 364 g/mol. The summed E-state index contributed by atoms with van der Waals surface area (Å²) in [6.07, 6.45) is 7.20. The van der Waals surface area contributed by atoms with Crippen molar-refractivity contribution in [3.63, 3.8) is 0 Å². The highest BCUT2D eigenvalue weighted by Crippen LogP contribution is 2.26. The maximum absolute atomic E-state index is 12.2. The van der Waals surface area contributed by atoms with Crippen LogP contribution in [0.4, 0.5) is 5.69 Å². The average molecular weight is 395 g/mol. The molecule has 0 aromatic heterocycles. The molecule has 1 saturated carbocycles. The van der Waals surface area contributed by atoms with Crippen molar-refractivity contribution in [2.24, 2.45) is 0 Å². The van der Waals surface area contributed by atoms with Crippen LogP contribution in [0.5, 0.6) is 0 Å². The van der Waals surface area contributed by atoms with Gasteiger partial charge in [-0.25, -0.2) is 4.79 Å². The van der Waals surface area contributed by atoms with Crippen LogP contribution in [0.1, 0.15) is 60.0 Å². The summed E-state index contributed by atoms with van der Waals surface area (Å²) in [7, 11) is 2.17. The van der Waals surface area contributed by atoms with Gasteiger partial charge in [-0.2, -0.15) is 0 Å². The van der Waals surface area contributed by atoms with E-state index in [2.05, 4.69) is 41.5 Å². The zero-order chi connectivity index (χ0) is 20.6. The van der Waals surface area contributed by atoms with Gasteiger partial charge in [-0.15, -0.1) is 0 Å². The predicted molar refractivity (Wildman–Crippen MR) is 115 cm³/mol. The van der Waals surface area contributed by atoms with Gasteiger partial charge in [0, 0.05) is 31.7 Å². The first kappa shape index (κ1) is 20.9. The van der Waals surface area contributed by atoms with Gasteiger partial charge in [-0.3, -0.25) is 4.79 Å². The lowest BCUT2D eigenvalue weighted by atomic mass is 9.94. The summed E-state index contributed by atoms with van der Waals surface area (Å²) in [5.41, 5.74) is 3.23. The quantitative estimate of drug-likeness (QED) is 0.696. The number of carbonyl (C=O) groups excluding carboxylic acids is 1. The van der Waals surface area contributed by atoms with E-state index in [9.17, 15) is 14.7 Å². The second-order valence-corrected chi connectivity index (χ2v) is 7.81. The third kappa shape index (κ3) is 5.83. The van der Waals surface area contributed by atoms with E-state index in [-0.39, 0.29) is 17.9 Å². The number of anilines is 1. The molecule has 0 atom stereocenters. The van der Waals surface area contributed by atoms with E-state index in [1.165, 1.54) is 37.8 Å². The number of aryl methyl sites for hydroxylation is 1. The Hall–Kier alpha value is -2.82. The van der Waals surface area contributed by atoms with E-state index in [0.29, 0.717) is 24.6 Å². The van der Waals surface area contributed by atoms with Gasteiger partial charge in [0.2, 0.25) is 5.91 Å². The molecule has 2 aromatic rings. The summed E-state index contributed by atoms with van der Waals surface area (Å²) in [6, 6.07) is 15.8. The number of hydrogen-bond acceptors (Lipinski definition) is 3. The summed E-state index contributed by atoms with van der Waals surface area (Å²) in [4.78, 5) is 25.8. The highest BCUT2D eigenvalue weighted by Gasteiger charge is 2.18. The van der Waals surface area contributed by atoms with Crippen LogP contribution >= 0.6 is 0 Å². The van der Waals surface area contributed by atoms with E-state index in [1.54, 1.807) is 24.3 Å². The van der Waals surface area contributed by atoms with Gasteiger partial charge in [0.1, 0.15) is 0 Å². The molecule has 5 heteroatoms. The number of rotatable bonds is 8. The van der Waals surface area contributed by atoms with Crippen molar-refractivity contribution in [1.29, 1.82) is 0 Å². The summed E-state index contributed by atoms with van der Waals surface area (Å²) < 4.78 is 0. The van der Waals surface area contributed by atoms with Crippen LogP contribution in [0.3, 0.4) is 0 Å². The first-order valence-corrected chi connectivity index (χ1v) is 10.4. The van der Waals surface area contributed by atoms with Crippen LogP contribution in [0, 0.1) is 0 Å². The Kier molecular flexibility index (Phi) is 7.28. The summed E-state index contributed by atoms with van der Waals surface area (Å²) >= 11 is 0. The predicted octanol–water partition coefficient (Wildman–Crippen LogP) is 4.40. The van der Waals surface area contributed by atoms with Crippen LogP contribution in [-0.4, -0.2) is 30.1 Å². The lowest BCUT2D eigenvalue weighted by molar-refractivity contribution is -0.121. The van der Waals surface area contributed by atoms with Gasteiger partial charge in [0.15, 0.2) is 0 Å². The number of aromatic carboxylic acids is 1. The number of carboxylic acid groups (broad SMARTS) is 1. The minimum Gasteiger partial charge on any atom is -0.478 e. The van der Waals surface area contributed by atoms with Gasteiger partial charge in [0.25, 0.3) is 0 Å². The maximum atomic E-state index is 12.2. The molecule has 0 spiro atoms. The largest absolute Gasteiger partial charge is 0.478 e. The average Bonchev–Trinajstić information content (AvgIpc) is 2.77. The van der Waals surface area contributed by atoms with Crippen molar-refractivity contribution in [3.8, 4) is 0 Å². The van der Waals surface area contributed by atoms with Crippen LogP contribution in [-0.2, 0) is 17.8 Å². The molecule has 0 bridgehead atoms. The minimum atomic E-state index is -0.959. The van der Waals surface area contributed by atoms with Crippen LogP contribution in [0.2, 0.25) is 0 Å². The van der Waals surface area contributed by atoms with Crippen molar-refractivity contribution in [3.05, 3.63) is 65.2 Å². The normalized spacial score (nSPS) is 14.4. The fourth-order valence-electron chi connectivity index (χ4n) is 4.01. The number of benzene rings is 2. The molecule has 5 nitrogen and oxygen atoms in total. The molecule has 0 saturated heterocycles. The number of carboxylic acids is 1. The Labute approximate surface area is 172 Å². The molecule has 0 aliphatic heterocycles. The Morgan fingerprint density at radius 2 is 1.72 bits per heavy atom. The second kappa shape index (κ2) is 10.1. The molecule has 1 aliphatic rings. The second-order valence-electron chi connectivity index (χ2n) is 7.81. The fraction of sp³-hybridized carbons (Fsp3) is 0.417. The Morgan fingerprint density at radius 1 is 1.03 bits per heavy atom. The SMILES string of the molecule is CN(c1ccc(CNC(=O)CCc2ccccc2C(=O)O)cc1)C1CCCCC1. The Balaban J connectivity index is 1.47. The molecule has 29 heavy (non-hydrogen) atoms. The lowest BCUT2D eigenvalue weighted by Crippen LogP contribution is -2.33. The molecule has 2 N–H and O–H groups in total. The van der Waals surface area contributed by atoms with E-state index in [0.717, 1.165) is 5.56 Å². The molecule has 1 aliphatic carbocycles. The fourth-order valence-corrected chi connectivity index (χ4v) is 4.01. The summed E-state index contributed by atoms with van der Waals surface area (Å²) in [5, 5.41) is 12.2. The molecule has 0 unspecified atom stereocenters. The monoisotopic (exact) mass is 394 g/mol. The number of nitrogens with one attached hydrogen (secondary N) is 1. The number of hydrogen-bond donors (Lipinski definition) is 2. The van der Waals surface area contributed by atoms with Crippen molar-refractivity contribution in [2.75, 3.05) is 11.9 Å². The summed E-state index contributed by atoms with van der Waals surface area (Å²) in [5.74, 6) is -1.03. The van der Waals surface area contributed by atoms with Gasteiger partial charge in [-0.05, 0) is 48.6 Å². The molecule has 3 rings (SSSR count). The first-order chi connectivity index (χ1) is 14.0. The van der Waals surface area contributed by atoms with Crippen molar-refractivity contribution < 1.29 is 14.7 Å². The van der Waals surface area contributed by atoms with E-state index in [4.69, 9.17) is 0 Å². The Morgan fingerprint density at radius 3 is 2.41 bits per heavy atom. The maximum Gasteiger partial charge on any atom is 0.335 e. The van der Waals surface area contributed by atoms with Gasteiger partial charge >= 0.3 is 5.97 Å². The summed E-state index contributed by atoms with van der Waals surface area (Å²) in [6.45, 7) is 0.479. The van der Waals surface area contributed by atoms with Gasteiger partial charge in [0.05, 0.1) is 5.56 Å². The number of carbonyl (C=O) groups is 2. The minimum absolute atomic E-state index is 0.0754. The molecule has 0 radical (unpaired) electrons. The lowest BCUT2D eigenvalue weighted by Gasteiger charge is -2.33. The molecule has 154 valence electrons. The number of amides is 1. The molecule has 0 heterocycles. The molecule has 2 aromatic carbocycles. The molecular formula is C24H30N2O3. The van der Waals surface area contributed by atoms with Gasteiger partial charge in [-0.1, -0.05) is 49.6 Å². The Bertz CT molecular complexity index is 826. The zero-order valence-corrected chi connectivity index (χ0v) is 17.1. The van der Waals surface area contributed by atoms with Crippen LogP contribution in [0.25, 0.3) is 0 Å². The van der Waals surface area contributed by atoms with Gasteiger partial charge < -0.3 is 15.3 Å². The topological polar surface area (TPSA) is 69.6 Å². The number of nitrogens with zero attached hydrogens (tertiary/aromatic N) is 1. The highest BCUT2D eigenvalue weighted by molar-refractivity contribution is 5.89. The van der Waals surface area contributed by atoms with Crippen molar-refractivity contribution >= 4 is 17.6 Å². The van der Waals surface area contributed by atoms with Crippen molar-refractivity contribution in [2.45, 2.75) is 57.5 Å². The third-order valence-corrected chi connectivity index (χ3v) is 5.82. The van der Waals surface area contributed by atoms with Crippen LogP contribution < -0.4 is 10.2 Å². The first-order valence-electron chi connectivity index (χ1n) is 10.4. The van der Waals surface area contributed by atoms with Crippen molar-refractivity contribution in [1.82, 2.24) is 5.32 Å². The highest BCUT2D eigenvalue weighted by atomic mass is 16.4. The van der Waals surface area contributed by atoms with E-state index >= 15 is 0 Å². The third-order valence-electron chi connectivity index (χ3n) is 5.82. The van der Waals surface area contributed by atoms with Crippen LogP contribution in [0.15, 0.2) is 48.5 Å². The molecule has 1 amide bonds. The van der Waals surface area contributed by atoms with E-state index in [1.807, 2.05) is 0 Å². The zero-order valence-electron chi connectivity index (χ0n) is 17.1. The molecule has 1 fully saturated rings. The standard InChI is InChI=1S/C24H30N2O3/c1-26(20-8-3-2-4-9-20)21-14-11-18(12-15-21)17-25-23(27)16-13-19-7-5-6-10-22(19)24(28)29/h5-7,10-12,14-15,20H,2-4,8-9,13,16-17H2,1H3,(H,25,27)(H,28,29).